The van der Waals surface area contributed by atoms with Gasteiger partial charge in [-0.2, -0.15) is 0 Å². The number of rotatable bonds is 4. The van der Waals surface area contributed by atoms with E-state index in [1.807, 2.05) is 4.90 Å². The number of piperidine rings is 1. The van der Waals surface area contributed by atoms with Crippen LogP contribution in [0.2, 0.25) is 0 Å². The minimum atomic E-state index is -0.827. The molecule has 1 amide bonds. The third-order valence-electron chi connectivity index (χ3n) is 4.77. The molecule has 5 heteroatoms. The predicted octanol–water partition coefficient (Wildman–Crippen LogP) is 1.50. The monoisotopic (exact) mass is 283 g/mol. The first-order chi connectivity index (χ1) is 9.63. The van der Waals surface area contributed by atoms with Gasteiger partial charge in [-0.25, -0.2) is 0 Å². The summed E-state index contributed by atoms with van der Waals surface area (Å²) >= 11 is 0. The molecule has 0 aromatic heterocycles. The summed E-state index contributed by atoms with van der Waals surface area (Å²) in [6.45, 7) is 1.58. The molecule has 0 spiro atoms. The van der Waals surface area contributed by atoms with E-state index in [1.165, 1.54) is 0 Å². The fourth-order valence-corrected chi connectivity index (χ4v) is 3.64. The third kappa shape index (κ3) is 3.51. The lowest BCUT2D eigenvalue weighted by Crippen LogP contribution is -2.46. The molecule has 1 heterocycles. The zero-order chi connectivity index (χ0) is 14.5. The van der Waals surface area contributed by atoms with E-state index in [1.54, 1.807) is 0 Å². The summed E-state index contributed by atoms with van der Waals surface area (Å²) in [6, 6.07) is 0. The van der Waals surface area contributed by atoms with Gasteiger partial charge < -0.3 is 15.1 Å². The predicted molar refractivity (Wildman–Crippen MR) is 74.1 cm³/mol. The van der Waals surface area contributed by atoms with Crippen molar-refractivity contribution in [3.05, 3.63) is 0 Å². The smallest absolute Gasteiger partial charge is 0.307 e. The van der Waals surface area contributed by atoms with Crippen LogP contribution in [0.4, 0.5) is 0 Å². The van der Waals surface area contributed by atoms with Gasteiger partial charge in [-0.05, 0) is 38.0 Å². The highest BCUT2D eigenvalue weighted by Gasteiger charge is 2.38. The molecule has 1 aliphatic heterocycles. The normalized spacial score (nSPS) is 31.1. The van der Waals surface area contributed by atoms with Crippen molar-refractivity contribution in [3.63, 3.8) is 0 Å². The van der Waals surface area contributed by atoms with Gasteiger partial charge in [0.15, 0.2) is 0 Å². The van der Waals surface area contributed by atoms with Gasteiger partial charge in [0.1, 0.15) is 0 Å². The fraction of sp³-hybridized carbons (Fsp3) is 0.867. The molecule has 1 saturated carbocycles. The van der Waals surface area contributed by atoms with Crippen molar-refractivity contribution in [1.82, 2.24) is 4.90 Å². The van der Waals surface area contributed by atoms with Crippen LogP contribution in [0.3, 0.4) is 0 Å². The largest absolute Gasteiger partial charge is 0.481 e. The van der Waals surface area contributed by atoms with Crippen molar-refractivity contribution in [2.24, 2.45) is 17.8 Å². The van der Waals surface area contributed by atoms with E-state index < -0.39 is 11.9 Å². The van der Waals surface area contributed by atoms with Gasteiger partial charge in [0.2, 0.25) is 5.91 Å². The SMILES string of the molecule is O=C(O)[C@H]1CCCC[C@H]1C(=O)N1CCCC(CCO)C1. The Labute approximate surface area is 120 Å². The Hall–Kier alpha value is -1.10. The summed E-state index contributed by atoms with van der Waals surface area (Å²) in [4.78, 5) is 25.8. The minimum absolute atomic E-state index is 0.0275. The standard InChI is InChI=1S/C15H25NO4/c17-9-7-11-4-3-8-16(10-11)14(18)12-5-1-2-6-13(12)15(19)20/h11-13,17H,1-10H2,(H,19,20)/t11?,12-,13+/m1/s1. The lowest BCUT2D eigenvalue weighted by Gasteiger charge is -2.37. The van der Waals surface area contributed by atoms with Crippen LogP contribution in [-0.4, -0.2) is 46.7 Å². The minimum Gasteiger partial charge on any atom is -0.481 e. The number of likely N-dealkylation sites (tertiary alicyclic amines) is 1. The van der Waals surface area contributed by atoms with Crippen molar-refractivity contribution in [1.29, 1.82) is 0 Å². The second-order valence-corrected chi connectivity index (χ2v) is 6.14. The number of hydrogen-bond acceptors (Lipinski definition) is 3. The van der Waals surface area contributed by atoms with E-state index >= 15 is 0 Å². The van der Waals surface area contributed by atoms with Gasteiger partial charge >= 0.3 is 5.97 Å². The average Bonchev–Trinajstić information content (AvgIpc) is 2.47. The van der Waals surface area contributed by atoms with Crippen molar-refractivity contribution in [2.45, 2.75) is 44.9 Å². The third-order valence-corrected chi connectivity index (χ3v) is 4.77. The van der Waals surface area contributed by atoms with E-state index in [2.05, 4.69) is 0 Å². The zero-order valence-electron chi connectivity index (χ0n) is 12.0. The van der Waals surface area contributed by atoms with Gasteiger partial charge in [0, 0.05) is 19.7 Å². The molecule has 0 bridgehead atoms. The van der Waals surface area contributed by atoms with Crippen LogP contribution in [0.25, 0.3) is 0 Å². The average molecular weight is 283 g/mol. The summed E-state index contributed by atoms with van der Waals surface area (Å²) in [5.74, 6) is -1.28. The van der Waals surface area contributed by atoms with E-state index in [0.29, 0.717) is 25.3 Å². The quantitative estimate of drug-likeness (QED) is 0.819. The first-order valence-corrected chi connectivity index (χ1v) is 7.76. The number of aliphatic carboxylic acids is 1. The number of hydrogen-bond donors (Lipinski definition) is 2. The molecule has 1 aliphatic carbocycles. The van der Waals surface area contributed by atoms with Crippen molar-refractivity contribution >= 4 is 11.9 Å². The van der Waals surface area contributed by atoms with Crippen molar-refractivity contribution in [3.8, 4) is 0 Å². The van der Waals surface area contributed by atoms with Gasteiger partial charge in [0.25, 0.3) is 0 Å². The summed E-state index contributed by atoms with van der Waals surface area (Å²) < 4.78 is 0. The molecule has 2 fully saturated rings. The molecule has 114 valence electrons. The maximum atomic E-state index is 12.6. The maximum absolute atomic E-state index is 12.6. The van der Waals surface area contributed by atoms with E-state index in [9.17, 15) is 14.7 Å². The van der Waals surface area contributed by atoms with Crippen LogP contribution in [0.5, 0.6) is 0 Å². The number of amides is 1. The van der Waals surface area contributed by atoms with Crippen LogP contribution in [0, 0.1) is 17.8 Å². The first kappa shape index (κ1) is 15.3. The number of carboxylic acid groups (broad SMARTS) is 1. The molecule has 0 aromatic rings. The van der Waals surface area contributed by atoms with E-state index in [-0.39, 0.29) is 18.4 Å². The molecule has 3 atom stereocenters. The number of carbonyl (C=O) groups is 2. The second kappa shape index (κ2) is 7.07. The number of aliphatic hydroxyl groups excluding tert-OH is 1. The highest BCUT2D eigenvalue weighted by Crippen LogP contribution is 2.33. The molecule has 0 radical (unpaired) electrons. The fourth-order valence-electron chi connectivity index (χ4n) is 3.64. The van der Waals surface area contributed by atoms with Gasteiger partial charge in [0.05, 0.1) is 11.8 Å². The molecule has 1 unspecified atom stereocenters. The van der Waals surface area contributed by atoms with Crippen molar-refractivity contribution in [2.75, 3.05) is 19.7 Å². The van der Waals surface area contributed by atoms with E-state index in [4.69, 9.17) is 5.11 Å². The molecule has 5 nitrogen and oxygen atoms in total. The van der Waals surface area contributed by atoms with Crippen LogP contribution in [-0.2, 0) is 9.59 Å². The zero-order valence-corrected chi connectivity index (χ0v) is 12.0. The molecular formula is C15H25NO4. The molecule has 1 saturated heterocycles. The van der Waals surface area contributed by atoms with Crippen molar-refractivity contribution < 1.29 is 19.8 Å². The van der Waals surface area contributed by atoms with Gasteiger partial charge in [-0.1, -0.05) is 12.8 Å². The Morgan fingerprint density at radius 3 is 2.40 bits per heavy atom. The Morgan fingerprint density at radius 1 is 1.05 bits per heavy atom. The van der Waals surface area contributed by atoms with Crippen LogP contribution >= 0.6 is 0 Å². The van der Waals surface area contributed by atoms with Crippen LogP contribution in [0.15, 0.2) is 0 Å². The molecule has 2 rings (SSSR count). The van der Waals surface area contributed by atoms with Gasteiger partial charge in [-0.3, -0.25) is 9.59 Å². The summed E-state index contributed by atoms with van der Waals surface area (Å²) in [5, 5.41) is 18.3. The number of carbonyl (C=O) groups excluding carboxylic acids is 1. The second-order valence-electron chi connectivity index (χ2n) is 6.14. The molecule has 2 N–H and O–H groups in total. The number of carboxylic acids is 1. The summed E-state index contributed by atoms with van der Waals surface area (Å²) in [5.41, 5.74) is 0. The lowest BCUT2D eigenvalue weighted by molar-refractivity contribution is -0.153. The Kier molecular flexibility index (Phi) is 5.40. The molecular weight excluding hydrogens is 258 g/mol. The van der Waals surface area contributed by atoms with Crippen LogP contribution < -0.4 is 0 Å². The molecule has 20 heavy (non-hydrogen) atoms. The molecule has 2 aliphatic rings. The lowest BCUT2D eigenvalue weighted by atomic mass is 9.78. The molecule has 0 aromatic carbocycles. The van der Waals surface area contributed by atoms with E-state index in [0.717, 1.165) is 38.6 Å². The Morgan fingerprint density at radius 2 is 1.75 bits per heavy atom. The highest BCUT2D eigenvalue weighted by molar-refractivity contribution is 5.85. The van der Waals surface area contributed by atoms with Crippen LogP contribution in [0.1, 0.15) is 44.9 Å². The Bertz CT molecular complexity index is 356. The van der Waals surface area contributed by atoms with Gasteiger partial charge in [-0.15, -0.1) is 0 Å². The summed E-state index contributed by atoms with van der Waals surface area (Å²) in [7, 11) is 0. The summed E-state index contributed by atoms with van der Waals surface area (Å²) in [6.07, 6.45) is 5.94. The highest BCUT2D eigenvalue weighted by atomic mass is 16.4. The number of aliphatic hydroxyl groups is 1. The first-order valence-electron chi connectivity index (χ1n) is 7.76. The number of nitrogens with zero attached hydrogens (tertiary/aromatic N) is 1. The topological polar surface area (TPSA) is 77.8 Å². The Balaban J connectivity index is 1.99. The maximum Gasteiger partial charge on any atom is 0.307 e.